The lowest BCUT2D eigenvalue weighted by molar-refractivity contribution is -0.170. The van der Waals surface area contributed by atoms with Crippen LogP contribution in [0.3, 0.4) is 0 Å². The topological polar surface area (TPSA) is 73.3 Å². The van der Waals surface area contributed by atoms with Gasteiger partial charge in [-0.3, -0.25) is 9.69 Å². The van der Waals surface area contributed by atoms with E-state index in [9.17, 15) is 15.0 Å². The number of aromatic hydroxyl groups is 1. The molecule has 2 fully saturated rings. The van der Waals surface area contributed by atoms with Crippen LogP contribution < -0.4 is 4.74 Å². The summed E-state index contributed by atoms with van der Waals surface area (Å²) in [6, 6.07) is 1.70. The Bertz CT molecular complexity index is 788. The number of hydrogen-bond acceptors (Lipinski definition) is 5. The van der Waals surface area contributed by atoms with Crippen LogP contribution in [0.15, 0.2) is 18.7 Å². The number of hydrogen-bond donors (Lipinski definition) is 2. The van der Waals surface area contributed by atoms with Crippen LogP contribution in [0, 0.1) is 0 Å². The van der Waals surface area contributed by atoms with Crippen LogP contribution in [-0.2, 0) is 16.6 Å². The number of likely N-dealkylation sites (tertiary alicyclic amines) is 1. The predicted octanol–water partition coefficient (Wildman–Crippen LogP) is 2.04. The smallest absolute Gasteiger partial charge is 0.211 e. The number of carbonyl (C=O) groups excluding carboxylic acids is 1. The van der Waals surface area contributed by atoms with Crippen molar-refractivity contribution in [1.29, 1.82) is 0 Å². The van der Waals surface area contributed by atoms with E-state index < -0.39 is 11.0 Å². The van der Waals surface area contributed by atoms with Gasteiger partial charge >= 0.3 is 0 Å². The number of rotatable bonds is 2. The first kappa shape index (κ1) is 14.5. The van der Waals surface area contributed by atoms with Crippen molar-refractivity contribution in [2.24, 2.45) is 0 Å². The van der Waals surface area contributed by atoms with E-state index in [-0.39, 0.29) is 17.6 Å². The number of phenols is 1. The number of fused-ring (bicyclic) bond motifs is 3. The fraction of sp³-hybridized carbons (Fsp3) is 0.526. The first-order valence-electron chi connectivity index (χ1n) is 8.66. The minimum Gasteiger partial charge on any atom is -0.504 e. The molecular formula is C19H21NO4. The van der Waals surface area contributed by atoms with Gasteiger partial charge in [-0.1, -0.05) is 6.08 Å². The Hall–Kier alpha value is -1.85. The van der Waals surface area contributed by atoms with Crippen molar-refractivity contribution in [3.8, 4) is 17.2 Å². The third-order valence-corrected chi connectivity index (χ3v) is 6.69. The van der Waals surface area contributed by atoms with E-state index in [0.717, 1.165) is 30.0 Å². The van der Waals surface area contributed by atoms with Crippen molar-refractivity contribution in [3.05, 3.63) is 29.8 Å². The van der Waals surface area contributed by atoms with Gasteiger partial charge in [0, 0.05) is 36.4 Å². The van der Waals surface area contributed by atoms with Crippen LogP contribution >= 0.6 is 0 Å². The summed E-state index contributed by atoms with van der Waals surface area (Å²) >= 11 is 0. The number of phenolic OH excluding ortho intramolecular Hbond substituents is 1. The number of Topliss-reactive ketones (excluding diaryl/α,β-unsaturated/α-hetero) is 1. The summed E-state index contributed by atoms with van der Waals surface area (Å²) in [5.41, 5.74) is 0.462. The van der Waals surface area contributed by atoms with Crippen LogP contribution in [0.5, 0.6) is 17.2 Å². The number of benzene rings is 1. The van der Waals surface area contributed by atoms with Crippen molar-refractivity contribution in [1.82, 2.24) is 4.90 Å². The van der Waals surface area contributed by atoms with Gasteiger partial charge in [-0.15, -0.1) is 6.58 Å². The molecular weight excluding hydrogens is 306 g/mol. The molecule has 0 aromatic heterocycles. The summed E-state index contributed by atoms with van der Waals surface area (Å²) in [5.74, 6) is 1.65. The molecule has 2 heterocycles. The minimum atomic E-state index is -0.940. The van der Waals surface area contributed by atoms with Crippen molar-refractivity contribution < 1.29 is 19.7 Å². The molecule has 1 aromatic carbocycles. The number of carbonyl (C=O) groups is 1. The maximum absolute atomic E-state index is 12.3. The zero-order valence-electron chi connectivity index (χ0n) is 13.5. The van der Waals surface area contributed by atoms with Crippen LogP contribution in [0.2, 0.25) is 0 Å². The molecule has 5 nitrogen and oxygen atoms in total. The highest BCUT2D eigenvalue weighted by molar-refractivity contribution is 5.83. The lowest BCUT2D eigenvalue weighted by Gasteiger charge is -2.63. The molecule has 2 aliphatic heterocycles. The molecule has 2 unspecified atom stereocenters. The van der Waals surface area contributed by atoms with Crippen molar-refractivity contribution in [3.63, 3.8) is 0 Å². The van der Waals surface area contributed by atoms with Crippen LogP contribution in [0.25, 0.3) is 0 Å². The van der Waals surface area contributed by atoms with E-state index in [2.05, 4.69) is 11.5 Å². The van der Waals surface area contributed by atoms with Gasteiger partial charge in [0.15, 0.2) is 11.5 Å². The zero-order valence-corrected chi connectivity index (χ0v) is 13.5. The van der Waals surface area contributed by atoms with Crippen LogP contribution in [0.4, 0.5) is 0 Å². The van der Waals surface area contributed by atoms with E-state index in [0.29, 0.717) is 37.9 Å². The second-order valence-electron chi connectivity index (χ2n) is 7.66. The van der Waals surface area contributed by atoms with Crippen molar-refractivity contribution >= 4 is 5.78 Å². The second kappa shape index (κ2) is 4.41. The SMILES string of the molecule is C=CCN1CC[C@]23CC(=O)CCC2(O)C1Cc1c3cc(O)c2c1O2. The van der Waals surface area contributed by atoms with Gasteiger partial charge in [-0.05, 0) is 37.4 Å². The van der Waals surface area contributed by atoms with Crippen molar-refractivity contribution in [2.45, 2.75) is 49.2 Å². The molecule has 5 heteroatoms. The maximum atomic E-state index is 12.3. The second-order valence-corrected chi connectivity index (χ2v) is 7.66. The van der Waals surface area contributed by atoms with Gasteiger partial charge in [0.2, 0.25) is 5.75 Å². The molecule has 2 aliphatic carbocycles. The summed E-state index contributed by atoms with van der Waals surface area (Å²) in [7, 11) is 0. The van der Waals surface area contributed by atoms with Crippen molar-refractivity contribution in [2.75, 3.05) is 13.1 Å². The van der Waals surface area contributed by atoms with Crippen LogP contribution in [0.1, 0.15) is 36.8 Å². The Morgan fingerprint density at radius 3 is 3.04 bits per heavy atom. The Kier molecular flexibility index (Phi) is 2.66. The lowest BCUT2D eigenvalue weighted by Crippen LogP contribution is -2.73. The highest BCUT2D eigenvalue weighted by atomic mass is 16.6. The average Bonchev–Trinajstić information content (AvgIpc) is 3.33. The molecule has 126 valence electrons. The number of aliphatic hydroxyl groups is 1. The van der Waals surface area contributed by atoms with Gasteiger partial charge in [0.05, 0.1) is 5.60 Å². The minimum absolute atomic E-state index is 0.0392. The normalized spacial score (nSPS) is 36.2. The highest BCUT2D eigenvalue weighted by Crippen LogP contribution is 2.64. The number of ether oxygens (including phenoxy) is 1. The molecule has 1 saturated heterocycles. The summed E-state index contributed by atoms with van der Waals surface area (Å²) in [4.78, 5) is 14.6. The largest absolute Gasteiger partial charge is 0.504 e. The Labute approximate surface area is 140 Å². The van der Waals surface area contributed by atoms with E-state index in [1.54, 1.807) is 6.07 Å². The number of nitrogens with zero attached hydrogens (tertiary/aromatic N) is 1. The fourth-order valence-electron chi connectivity index (χ4n) is 5.55. The summed E-state index contributed by atoms with van der Waals surface area (Å²) < 4.78 is 5.51. The molecule has 0 spiro atoms. The third kappa shape index (κ3) is 1.55. The van der Waals surface area contributed by atoms with Gasteiger partial charge in [0.1, 0.15) is 5.78 Å². The van der Waals surface area contributed by atoms with E-state index in [4.69, 9.17) is 4.74 Å². The molecule has 2 bridgehead atoms. The molecule has 4 aliphatic rings. The Morgan fingerprint density at radius 1 is 1.42 bits per heavy atom. The summed E-state index contributed by atoms with van der Waals surface area (Å²) in [5, 5.41) is 22.0. The maximum Gasteiger partial charge on any atom is 0.211 e. The fourth-order valence-corrected chi connectivity index (χ4v) is 5.55. The molecule has 1 saturated carbocycles. The molecule has 24 heavy (non-hydrogen) atoms. The summed E-state index contributed by atoms with van der Waals surface area (Å²) in [6.07, 6.45) is 4.55. The predicted molar refractivity (Wildman–Crippen MR) is 87.5 cm³/mol. The van der Waals surface area contributed by atoms with E-state index in [1.165, 1.54) is 0 Å². The van der Waals surface area contributed by atoms with E-state index in [1.807, 2.05) is 6.08 Å². The Morgan fingerprint density at radius 2 is 2.25 bits per heavy atom. The first-order valence-corrected chi connectivity index (χ1v) is 8.66. The van der Waals surface area contributed by atoms with Gasteiger partial charge in [-0.25, -0.2) is 0 Å². The molecule has 0 amide bonds. The van der Waals surface area contributed by atoms with E-state index >= 15 is 0 Å². The molecule has 5 rings (SSSR count). The Balaban J connectivity index is 1.74. The molecule has 3 atom stereocenters. The quantitative estimate of drug-likeness (QED) is 0.652. The highest BCUT2D eigenvalue weighted by Gasteiger charge is 2.65. The average molecular weight is 327 g/mol. The number of ketones is 1. The zero-order chi connectivity index (χ0) is 16.7. The lowest BCUT2D eigenvalue weighted by atomic mass is 9.49. The monoisotopic (exact) mass is 327 g/mol. The molecule has 1 aromatic rings. The molecule has 2 N–H and O–H groups in total. The van der Waals surface area contributed by atoms with Gasteiger partial charge in [0.25, 0.3) is 0 Å². The standard InChI is InChI=1S/C19H21NO4/c1-2-6-20-7-5-18-10-11(21)3-4-19(18,23)15(20)8-12-13(18)9-14(22)17-16(12)24-17/h2,9,15,22-23H,1,3-8,10H2/t15?,18-,19?/m1/s1. The number of piperidine rings is 1. The summed E-state index contributed by atoms with van der Waals surface area (Å²) in [6.45, 7) is 5.40. The van der Waals surface area contributed by atoms with Gasteiger partial charge < -0.3 is 14.9 Å². The van der Waals surface area contributed by atoms with Gasteiger partial charge in [-0.2, -0.15) is 0 Å². The first-order chi connectivity index (χ1) is 11.5. The van der Waals surface area contributed by atoms with Crippen LogP contribution in [-0.4, -0.2) is 45.6 Å². The molecule has 0 radical (unpaired) electrons. The third-order valence-electron chi connectivity index (χ3n) is 6.69.